The van der Waals surface area contributed by atoms with Crippen molar-refractivity contribution in [3.8, 4) is 0 Å². The highest BCUT2D eigenvalue weighted by atomic mass is 16.5. The third kappa shape index (κ3) is 6.62. The zero-order valence-corrected chi connectivity index (χ0v) is 17.0. The molecule has 0 aliphatic heterocycles. The Labute approximate surface area is 176 Å². The van der Waals surface area contributed by atoms with Crippen LogP contribution < -0.4 is 16.0 Å². The van der Waals surface area contributed by atoms with E-state index in [4.69, 9.17) is 4.74 Å². The summed E-state index contributed by atoms with van der Waals surface area (Å²) in [5.74, 6) is -0.205. The van der Waals surface area contributed by atoms with Gasteiger partial charge >= 0.3 is 6.09 Å². The molecule has 30 heavy (non-hydrogen) atoms. The van der Waals surface area contributed by atoms with Crippen LogP contribution in [0, 0.1) is 5.92 Å². The Morgan fingerprint density at radius 1 is 0.933 bits per heavy atom. The highest BCUT2D eigenvalue weighted by molar-refractivity contribution is 5.91. The topological polar surface area (TPSA) is 96.5 Å². The summed E-state index contributed by atoms with van der Waals surface area (Å²) in [6.07, 6.45) is 1.54. The number of hydrogen-bond donors (Lipinski definition) is 3. The highest BCUT2D eigenvalue weighted by Gasteiger charge is 2.28. The summed E-state index contributed by atoms with van der Waals surface area (Å²) in [7, 11) is 0. The van der Waals surface area contributed by atoms with Crippen LogP contribution in [0.25, 0.3) is 0 Å². The maximum atomic E-state index is 12.7. The van der Waals surface area contributed by atoms with Crippen molar-refractivity contribution in [2.75, 3.05) is 6.54 Å². The first kappa shape index (κ1) is 21.4. The second-order valence-electron chi connectivity index (χ2n) is 7.47. The lowest BCUT2D eigenvalue weighted by Crippen LogP contribution is -2.49. The second-order valence-corrected chi connectivity index (χ2v) is 7.47. The van der Waals surface area contributed by atoms with Gasteiger partial charge in [0.15, 0.2) is 0 Å². The van der Waals surface area contributed by atoms with Crippen molar-refractivity contribution in [3.63, 3.8) is 0 Å². The van der Waals surface area contributed by atoms with Gasteiger partial charge in [0.05, 0.1) is 0 Å². The minimum absolute atomic E-state index is 0.108. The van der Waals surface area contributed by atoms with Crippen LogP contribution in [0.1, 0.15) is 36.9 Å². The number of rotatable bonds is 9. The fourth-order valence-corrected chi connectivity index (χ4v) is 2.89. The van der Waals surface area contributed by atoms with Crippen LogP contribution in [-0.4, -0.2) is 30.5 Å². The average Bonchev–Trinajstić information content (AvgIpc) is 3.60. The molecule has 0 aromatic heterocycles. The van der Waals surface area contributed by atoms with Crippen LogP contribution >= 0.6 is 0 Å². The molecular formula is C23H27N3O4. The van der Waals surface area contributed by atoms with Crippen LogP contribution in [0.2, 0.25) is 0 Å². The highest BCUT2D eigenvalue weighted by Crippen LogP contribution is 2.27. The van der Waals surface area contributed by atoms with E-state index in [1.165, 1.54) is 0 Å². The first-order valence-corrected chi connectivity index (χ1v) is 10.1. The van der Waals surface area contributed by atoms with Gasteiger partial charge in [-0.1, -0.05) is 60.7 Å². The van der Waals surface area contributed by atoms with Crippen molar-refractivity contribution in [3.05, 3.63) is 71.8 Å². The summed E-state index contributed by atoms with van der Waals surface area (Å²) in [5.41, 5.74) is 1.53. The molecule has 2 aromatic carbocycles. The molecule has 1 fully saturated rings. The summed E-state index contributed by atoms with van der Waals surface area (Å²) in [4.78, 5) is 37.3. The summed E-state index contributed by atoms with van der Waals surface area (Å²) < 4.78 is 5.15. The van der Waals surface area contributed by atoms with Crippen molar-refractivity contribution >= 4 is 17.9 Å². The predicted octanol–water partition coefficient (Wildman–Crippen LogP) is 2.69. The quantitative estimate of drug-likeness (QED) is 0.593. The van der Waals surface area contributed by atoms with Gasteiger partial charge in [-0.3, -0.25) is 9.59 Å². The molecule has 2 aromatic rings. The Morgan fingerprint density at radius 3 is 2.20 bits per heavy atom. The van der Waals surface area contributed by atoms with Crippen molar-refractivity contribution in [1.82, 2.24) is 16.0 Å². The Balaban J connectivity index is 1.54. The minimum Gasteiger partial charge on any atom is -0.445 e. The molecule has 7 heteroatoms. The molecule has 3 amide bonds. The number of hydrogen-bond acceptors (Lipinski definition) is 4. The molecule has 1 aliphatic carbocycles. The first-order chi connectivity index (χ1) is 14.5. The molecule has 1 saturated carbocycles. The lowest BCUT2D eigenvalue weighted by atomic mass is 10.1. The van der Waals surface area contributed by atoms with Crippen molar-refractivity contribution in [2.45, 2.75) is 38.5 Å². The standard InChI is InChI=1S/C23H27N3O4/c1-16(25-23(29)30-15-18-8-4-2-5-9-18)21(27)26-20(19-10-6-3-7-11-19)22(28)24-14-17-12-13-17/h2-11,16-17,20H,12-15H2,1H3,(H,24,28)(H,25,29)(H,26,27)/t16-,20-/m0/s1. The van der Waals surface area contributed by atoms with Crippen LogP contribution in [0.15, 0.2) is 60.7 Å². The van der Waals surface area contributed by atoms with Crippen LogP contribution in [0.3, 0.4) is 0 Å². The maximum absolute atomic E-state index is 12.7. The summed E-state index contributed by atoms with van der Waals surface area (Å²) >= 11 is 0. The number of nitrogens with one attached hydrogen (secondary N) is 3. The molecule has 158 valence electrons. The molecule has 7 nitrogen and oxygen atoms in total. The number of benzene rings is 2. The van der Waals surface area contributed by atoms with Crippen molar-refractivity contribution in [1.29, 1.82) is 0 Å². The van der Waals surface area contributed by atoms with Crippen molar-refractivity contribution in [2.24, 2.45) is 5.92 Å². The smallest absolute Gasteiger partial charge is 0.408 e. The van der Waals surface area contributed by atoms with E-state index in [-0.39, 0.29) is 12.5 Å². The van der Waals surface area contributed by atoms with Gasteiger partial charge in [0.1, 0.15) is 18.7 Å². The lowest BCUT2D eigenvalue weighted by Gasteiger charge is -2.21. The van der Waals surface area contributed by atoms with Gasteiger partial charge < -0.3 is 20.7 Å². The number of carbonyl (C=O) groups is 3. The van der Waals surface area contributed by atoms with Gasteiger partial charge in [0.25, 0.3) is 0 Å². The molecular weight excluding hydrogens is 382 g/mol. The van der Waals surface area contributed by atoms with Crippen LogP contribution in [0.5, 0.6) is 0 Å². The first-order valence-electron chi connectivity index (χ1n) is 10.1. The second kappa shape index (κ2) is 10.4. The Hall–Kier alpha value is -3.35. The minimum atomic E-state index is -0.865. The van der Waals surface area contributed by atoms with Gasteiger partial charge in [0, 0.05) is 6.54 Å². The van der Waals surface area contributed by atoms with Gasteiger partial charge in [0.2, 0.25) is 11.8 Å². The molecule has 1 aliphatic rings. The van der Waals surface area contributed by atoms with E-state index in [0.717, 1.165) is 18.4 Å². The average molecular weight is 409 g/mol. The molecule has 0 heterocycles. The Morgan fingerprint density at radius 2 is 1.57 bits per heavy atom. The van der Waals surface area contributed by atoms with E-state index in [0.29, 0.717) is 18.0 Å². The van der Waals surface area contributed by atoms with Crippen molar-refractivity contribution < 1.29 is 19.1 Å². The molecule has 0 spiro atoms. The molecule has 3 N–H and O–H groups in total. The largest absolute Gasteiger partial charge is 0.445 e. The van der Waals surface area contributed by atoms with Gasteiger partial charge in [-0.25, -0.2) is 4.79 Å². The SMILES string of the molecule is C[C@H](NC(=O)OCc1ccccc1)C(=O)N[C@H](C(=O)NCC1CC1)c1ccccc1. The van der Waals surface area contributed by atoms with E-state index in [1.54, 1.807) is 19.1 Å². The van der Waals surface area contributed by atoms with E-state index in [1.807, 2.05) is 48.5 Å². The third-order valence-corrected chi connectivity index (χ3v) is 4.88. The molecule has 0 radical (unpaired) electrons. The molecule has 2 atom stereocenters. The monoisotopic (exact) mass is 409 g/mol. The van der Waals surface area contributed by atoms with Crippen LogP contribution in [-0.2, 0) is 20.9 Å². The molecule has 0 saturated heterocycles. The van der Waals surface area contributed by atoms with Gasteiger partial charge in [-0.15, -0.1) is 0 Å². The van der Waals surface area contributed by atoms with Gasteiger partial charge in [-0.2, -0.15) is 0 Å². The number of amides is 3. The predicted molar refractivity (Wildman–Crippen MR) is 112 cm³/mol. The molecule has 0 unspecified atom stereocenters. The summed E-state index contributed by atoms with van der Waals surface area (Å²) in [5, 5.41) is 8.14. The Kier molecular flexibility index (Phi) is 7.43. The van der Waals surface area contributed by atoms with Crippen LogP contribution in [0.4, 0.5) is 4.79 Å². The molecule has 3 rings (SSSR count). The fourth-order valence-electron chi connectivity index (χ4n) is 2.89. The zero-order chi connectivity index (χ0) is 21.3. The number of carbonyl (C=O) groups excluding carboxylic acids is 3. The summed E-state index contributed by atoms with van der Waals surface area (Å²) in [6.45, 7) is 2.26. The maximum Gasteiger partial charge on any atom is 0.408 e. The van der Waals surface area contributed by atoms with E-state index < -0.39 is 24.1 Å². The van der Waals surface area contributed by atoms with E-state index in [2.05, 4.69) is 16.0 Å². The third-order valence-electron chi connectivity index (χ3n) is 4.88. The van der Waals surface area contributed by atoms with Gasteiger partial charge in [-0.05, 0) is 36.8 Å². The molecule has 0 bridgehead atoms. The zero-order valence-electron chi connectivity index (χ0n) is 17.0. The normalized spacial score (nSPS) is 14.8. The fraction of sp³-hybridized carbons (Fsp3) is 0.348. The Bertz CT molecular complexity index is 853. The number of alkyl carbamates (subject to hydrolysis) is 1. The van der Waals surface area contributed by atoms with E-state index in [9.17, 15) is 14.4 Å². The lowest BCUT2D eigenvalue weighted by molar-refractivity contribution is -0.130. The summed E-state index contributed by atoms with van der Waals surface area (Å²) in [6, 6.07) is 16.6. The van der Waals surface area contributed by atoms with E-state index >= 15 is 0 Å². The number of ether oxygens (including phenoxy) is 1.